The maximum Gasteiger partial charge on any atom is 0.241 e. The molecule has 1 aromatic heterocycles. The number of H-pyrrole nitrogens is 1. The van der Waals surface area contributed by atoms with Crippen molar-refractivity contribution in [2.75, 3.05) is 5.32 Å². The highest BCUT2D eigenvalue weighted by Crippen LogP contribution is 2.20. The third-order valence-electron chi connectivity index (χ3n) is 3.23. The van der Waals surface area contributed by atoms with Crippen molar-refractivity contribution in [2.45, 2.75) is 19.0 Å². The summed E-state index contributed by atoms with van der Waals surface area (Å²) in [5.74, 6) is -0.517. The maximum absolute atomic E-state index is 13.1. The van der Waals surface area contributed by atoms with Gasteiger partial charge in [0.1, 0.15) is 5.82 Å². The highest BCUT2D eigenvalue weighted by molar-refractivity contribution is 9.10. The average Bonchev–Trinajstić information content (AvgIpc) is 2.90. The summed E-state index contributed by atoms with van der Waals surface area (Å²) in [5, 5.41) is 5.90. The molecule has 1 amide bonds. The molecule has 0 saturated heterocycles. The van der Waals surface area contributed by atoms with Crippen molar-refractivity contribution >= 4 is 27.5 Å². The Morgan fingerprint density at radius 2 is 2.35 bits per heavy atom. The van der Waals surface area contributed by atoms with Gasteiger partial charge in [0, 0.05) is 18.7 Å². The van der Waals surface area contributed by atoms with Crippen LogP contribution in [0.4, 0.5) is 10.1 Å². The van der Waals surface area contributed by atoms with Gasteiger partial charge >= 0.3 is 0 Å². The van der Waals surface area contributed by atoms with Crippen LogP contribution in [0.1, 0.15) is 11.4 Å². The number of anilines is 1. The Morgan fingerprint density at radius 1 is 1.50 bits per heavy atom. The molecule has 0 radical (unpaired) electrons. The van der Waals surface area contributed by atoms with E-state index in [1.165, 1.54) is 18.2 Å². The van der Waals surface area contributed by atoms with Crippen LogP contribution in [0, 0.1) is 5.82 Å². The van der Waals surface area contributed by atoms with Crippen LogP contribution in [0.25, 0.3) is 0 Å². The number of aromatic nitrogens is 2. The van der Waals surface area contributed by atoms with Crippen LogP contribution in [-0.2, 0) is 17.8 Å². The second-order valence-electron chi connectivity index (χ2n) is 4.58. The van der Waals surface area contributed by atoms with E-state index < -0.39 is 0 Å². The summed E-state index contributed by atoms with van der Waals surface area (Å²) in [5.41, 5.74) is 2.47. The second kappa shape index (κ2) is 5.34. The number of amides is 1. The standard InChI is InChI=1S/C13H12BrFN4O/c14-8-3-7(1-2-9(8)15)19-13(20)11-4-10-12(5-16-11)18-6-17-10/h1-3,6,11,16H,4-5H2,(H,17,18)(H,19,20). The van der Waals surface area contributed by atoms with E-state index in [4.69, 9.17) is 0 Å². The zero-order valence-corrected chi connectivity index (χ0v) is 12.0. The number of carbonyl (C=O) groups is 1. The number of rotatable bonds is 2. The lowest BCUT2D eigenvalue weighted by atomic mass is 10.0. The number of hydrogen-bond donors (Lipinski definition) is 3. The van der Waals surface area contributed by atoms with Gasteiger partial charge in [-0.1, -0.05) is 0 Å². The zero-order chi connectivity index (χ0) is 14.1. The molecule has 0 spiro atoms. The molecule has 3 N–H and O–H groups in total. The number of hydrogen-bond acceptors (Lipinski definition) is 3. The van der Waals surface area contributed by atoms with Crippen LogP contribution in [0.3, 0.4) is 0 Å². The topological polar surface area (TPSA) is 69.8 Å². The highest BCUT2D eigenvalue weighted by atomic mass is 79.9. The van der Waals surface area contributed by atoms with Gasteiger partial charge < -0.3 is 10.3 Å². The summed E-state index contributed by atoms with van der Waals surface area (Å²) in [6, 6.07) is 4.03. The first-order chi connectivity index (χ1) is 9.63. The highest BCUT2D eigenvalue weighted by Gasteiger charge is 2.25. The molecule has 1 atom stereocenters. The van der Waals surface area contributed by atoms with Crippen molar-refractivity contribution in [3.63, 3.8) is 0 Å². The molecule has 20 heavy (non-hydrogen) atoms. The number of benzene rings is 1. The third kappa shape index (κ3) is 2.59. The molecular formula is C13H12BrFN4O. The minimum atomic E-state index is -0.361. The fourth-order valence-corrected chi connectivity index (χ4v) is 2.54. The van der Waals surface area contributed by atoms with Crippen molar-refractivity contribution in [2.24, 2.45) is 0 Å². The lowest BCUT2D eigenvalue weighted by Gasteiger charge is -2.22. The summed E-state index contributed by atoms with van der Waals surface area (Å²) < 4.78 is 13.5. The smallest absolute Gasteiger partial charge is 0.241 e. The SMILES string of the molecule is O=C(Nc1ccc(F)c(Br)c1)C1Cc2nc[nH]c2CN1. The van der Waals surface area contributed by atoms with E-state index >= 15 is 0 Å². The lowest BCUT2D eigenvalue weighted by Crippen LogP contribution is -2.44. The van der Waals surface area contributed by atoms with Crippen molar-refractivity contribution in [3.8, 4) is 0 Å². The normalized spacial score (nSPS) is 17.6. The molecule has 104 valence electrons. The Morgan fingerprint density at radius 3 is 3.15 bits per heavy atom. The molecule has 0 aliphatic carbocycles. The molecule has 0 fully saturated rings. The van der Waals surface area contributed by atoms with Gasteiger partial charge in [0.25, 0.3) is 0 Å². The number of imidazole rings is 1. The number of halogens is 2. The first-order valence-corrected chi connectivity index (χ1v) is 6.93. The van der Waals surface area contributed by atoms with Crippen LogP contribution < -0.4 is 10.6 Å². The van der Waals surface area contributed by atoms with Gasteiger partial charge in [0.2, 0.25) is 5.91 Å². The number of carbonyl (C=O) groups excluding carboxylic acids is 1. The van der Waals surface area contributed by atoms with Crippen molar-refractivity contribution in [1.29, 1.82) is 0 Å². The lowest BCUT2D eigenvalue weighted by molar-refractivity contribution is -0.118. The second-order valence-corrected chi connectivity index (χ2v) is 5.44. The van der Waals surface area contributed by atoms with E-state index in [-0.39, 0.29) is 17.8 Å². The Hall–Kier alpha value is -1.73. The number of nitrogens with one attached hydrogen (secondary N) is 3. The predicted molar refractivity (Wildman–Crippen MR) is 75.6 cm³/mol. The van der Waals surface area contributed by atoms with Gasteiger partial charge in [-0.15, -0.1) is 0 Å². The van der Waals surface area contributed by atoms with E-state index in [9.17, 15) is 9.18 Å². The van der Waals surface area contributed by atoms with Gasteiger partial charge in [-0.3, -0.25) is 10.1 Å². The van der Waals surface area contributed by atoms with Crippen LogP contribution in [0.2, 0.25) is 0 Å². The number of nitrogens with zero attached hydrogens (tertiary/aromatic N) is 1. The van der Waals surface area contributed by atoms with E-state index in [1.54, 1.807) is 6.33 Å². The molecule has 1 aliphatic heterocycles. The minimum absolute atomic E-state index is 0.155. The van der Waals surface area contributed by atoms with E-state index in [0.29, 0.717) is 23.1 Å². The summed E-state index contributed by atoms with van der Waals surface area (Å²) in [6.07, 6.45) is 2.16. The molecule has 3 rings (SSSR count). The molecule has 0 saturated carbocycles. The van der Waals surface area contributed by atoms with E-state index in [0.717, 1.165) is 11.4 Å². The molecule has 0 bridgehead atoms. The van der Waals surface area contributed by atoms with Gasteiger partial charge in [-0.05, 0) is 34.1 Å². The molecule has 1 aromatic carbocycles. The van der Waals surface area contributed by atoms with Gasteiger partial charge in [-0.25, -0.2) is 9.37 Å². The molecule has 5 nitrogen and oxygen atoms in total. The quantitative estimate of drug-likeness (QED) is 0.784. The van der Waals surface area contributed by atoms with Crippen molar-refractivity contribution in [3.05, 3.63) is 46.2 Å². The largest absolute Gasteiger partial charge is 0.347 e. The molecule has 2 heterocycles. The monoisotopic (exact) mass is 338 g/mol. The Kier molecular flexibility index (Phi) is 3.54. The summed E-state index contributed by atoms with van der Waals surface area (Å²) in [7, 11) is 0. The molecule has 1 unspecified atom stereocenters. The first-order valence-electron chi connectivity index (χ1n) is 6.14. The fourth-order valence-electron chi connectivity index (χ4n) is 2.16. The molecular weight excluding hydrogens is 327 g/mol. The summed E-state index contributed by atoms with van der Waals surface area (Å²) >= 11 is 3.09. The Labute approximate surface area is 123 Å². The number of aromatic amines is 1. The molecule has 2 aromatic rings. The average molecular weight is 339 g/mol. The van der Waals surface area contributed by atoms with E-state index in [2.05, 4.69) is 36.5 Å². The Balaban J connectivity index is 1.69. The number of fused-ring (bicyclic) bond motifs is 1. The van der Waals surface area contributed by atoms with Crippen molar-refractivity contribution in [1.82, 2.24) is 15.3 Å². The van der Waals surface area contributed by atoms with E-state index in [1.807, 2.05) is 0 Å². The predicted octanol–water partition coefficient (Wildman–Crippen LogP) is 1.96. The Bertz CT molecular complexity index is 658. The van der Waals surface area contributed by atoms with Crippen LogP contribution in [-0.4, -0.2) is 21.9 Å². The van der Waals surface area contributed by atoms with Crippen LogP contribution in [0.15, 0.2) is 29.0 Å². The molecule has 7 heteroatoms. The maximum atomic E-state index is 13.1. The third-order valence-corrected chi connectivity index (χ3v) is 3.84. The fraction of sp³-hybridized carbons (Fsp3) is 0.231. The zero-order valence-electron chi connectivity index (χ0n) is 10.4. The van der Waals surface area contributed by atoms with Crippen LogP contribution in [0.5, 0.6) is 0 Å². The summed E-state index contributed by atoms with van der Waals surface area (Å²) in [6.45, 7) is 0.584. The van der Waals surface area contributed by atoms with Crippen molar-refractivity contribution < 1.29 is 9.18 Å². The van der Waals surface area contributed by atoms with Gasteiger partial charge in [0.15, 0.2) is 0 Å². The summed E-state index contributed by atoms with van der Waals surface area (Å²) in [4.78, 5) is 19.4. The van der Waals surface area contributed by atoms with Gasteiger partial charge in [-0.2, -0.15) is 0 Å². The minimum Gasteiger partial charge on any atom is -0.347 e. The molecule has 1 aliphatic rings. The first kappa shape index (κ1) is 13.3. The van der Waals surface area contributed by atoms with Gasteiger partial charge in [0.05, 0.1) is 28.2 Å². The van der Waals surface area contributed by atoms with Crippen LogP contribution >= 0.6 is 15.9 Å².